The number of nitrogens with zero attached hydrogens (tertiary/aromatic N) is 4. The number of pyridine rings is 1. The van der Waals surface area contributed by atoms with E-state index in [4.69, 9.17) is 4.52 Å². The van der Waals surface area contributed by atoms with Crippen LogP contribution in [0, 0.1) is 0 Å². The summed E-state index contributed by atoms with van der Waals surface area (Å²) in [5, 5.41) is 14.1. The van der Waals surface area contributed by atoms with Crippen molar-refractivity contribution in [1.82, 2.24) is 20.0 Å². The van der Waals surface area contributed by atoms with Crippen LogP contribution in [0.1, 0.15) is 48.5 Å². The van der Waals surface area contributed by atoms with Crippen molar-refractivity contribution in [2.75, 3.05) is 6.54 Å². The number of hydrogen-bond acceptors (Lipinski definition) is 6. The molecule has 1 saturated heterocycles. The number of rotatable bonds is 4. The number of aliphatic hydroxyl groups excluding tert-OH is 1. The molecule has 110 valence electrons. The first-order valence-corrected chi connectivity index (χ1v) is 7.44. The Morgan fingerprint density at radius 2 is 2.29 bits per heavy atom. The molecule has 1 aliphatic heterocycles. The Morgan fingerprint density at radius 1 is 1.38 bits per heavy atom. The number of aliphatic hydroxyl groups is 1. The average molecular weight is 286 g/mol. The second kappa shape index (κ2) is 5.20. The van der Waals surface area contributed by atoms with Crippen LogP contribution in [0.5, 0.6) is 0 Å². The molecule has 1 aliphatic carbocycles. The van der Waals surface area contributed by atoms with Gasteiger partial charge in [-0.05, 0) is 30.9 Å². The Bertz CT molecular complexity index is 611. The van der Waals surface area contributed by atoms with E-state index in [1.54, 1.807) is 6.20 Å². The summed E-state index contributed by atoms with van der Waals surface area (Å²) >= 11 is 0. The molecule has 2 atom stereocenters. The van der Waals surface area contributed by atoms with E-state index >= 15 is 0 Å². The highest BCUT2D eigenvalue weighted by molar-refractivity contribution is 5.11. The van der Waals surface area contributed by atoms with Crippen molar-refractivity contribution in [3.8, 4) is 0 Å². The van der Waals surface area contributed by atoms with Crippen molar-refractivity contribution in [1.29, 1.82) is 0 Å². The van der Waals surface area contributed by atoms with Gasteiger partial charge in [0.15, 0.2) is 5.82 Å². The van der Waals surface area contributed by atoms with Gasteiger partial charge in [0.2, 0.25) is 5.89 Å². The van der Waals surface area contributed by atoms with Crippen molar-refractivity contribution < 1.29 is 9.63 Å². The maximum absolute atomic E-state index is 9.99. The summed E-state index contributed by atoms with van der Waals surface area (Å²) in [6, 6.07) is 3.97. The smallest absolute Gasteiger partial charge is 0.244 e. The lowest BCUT2D eigenvalue weighted by atomic mass is 10.2. The van der Waals surface area contributed by atoms with E-state index in [-0.39, 0.29) is 12.1 Å². The first kappa shape index (κ1) is 12.9. The summed E-state index contributed by atoms with van der Waals surface area (Å²) in [5.74, 6) is 1.95. The van der Waals surface area contributed by atoms with Gasteiger partial charge in [-0.15, -0.1) is 0 Å². The summed E-state index contributed by atoms with van der Waals surface area (Å²) < 4.78 is 5.44. The molecule has 0 amide bonds. The van der Waals surface area contributed by atoms with Crippen molar-refractivity contribution in [3.05, 3.63) is 41.8 Å². The van der Waals surface area contributed by atoms with Crippen molar-refractivity contribution in [3.63, 3.8) is 0 Å². The zero-order chi connectivity index (χ0) is 14.2. The van der Waals surface area contributed by atoms with Crippen LogP contribution in [-0.2, 0) is 6.54 Å². The molecular formula is C15H18N4O2. The lowest BCUT2D eigenvalue weighted by molar-refractivity contribution is 0.169. The Kier molecular flexibility index (Phi) is 3.20. The Balaban J connectivity index is 1.53. The van der Waals surface area contributed by atoms with Crippen molar-refractivity contribution >= 4 is 0 Å². The summed E-state index contributed by atoms with van der Waals surface area (Å²) in [5.41, 5.74) is 1.12. The topological polar surface area (TPSA) is 75.3 Å². The van der Waals surface area contributed by atoms with Gasteiger partial charge in [-0.3, -0.25) is 9.88 Å². The Hall–Kier alpha value is -1.79. The predicted molar refractivity (Wildman–Crippen MR) is 74.3 cm³/mol. The number of aromatic nitrogens is 3. The molecule has 0 bridgehead atoms. The van der Waals surface area contributed by atoms with Crippen LogP contribution in [0.15, 0.2) is 29.0 Å². The van der Waals surface area contributed by atoms with E-state index < -0.39 is 0 Å². The molecule has 6 heteroatoms. The molecule has 0 spiro atoms. The summed E-state index contributed by atoms with van der Waals surface area (Å²) in [6.45, 7) is 1.36. The van der Waals surface area contributed by atoms with Gasteiger partial charge in [-0.2, -0.15) is 4.98 Å². The molecule has 2 aromatic heterocycles. The van der Waals surface area contributed by atoms with Crippen molar-refractivity contribution in [2.45, 2.75) is 43.9 Å². The van der Waals surface area contributed by atoms with E-state index in [1.807, 2.05) is 18.3 Å². The maximum Gasteiger partial charge on any atom is 0.244 e. The lowest BCUT2D eigenvalue weighted by Gasteiger charge is -2.20. The van der Waals surface area contributed by atoms with Crippen LogP contribution in [-0.4, -0.2) is 37.8 Å². The summed E-state index contributed by atoms with van der Waals surface area (Å²) in [6.07, 6.45) is 6.23. The summed E-state index contributed by atoms with van der Waals surface area (Å²) in [4.78, 5) is 10.9. The molecule has 0 aromatic carbocycles. The van der Waals surface area contributed by atoms with E-state index in [9.17, 15) is 5.11 Å². The molecule has 3 heterocycles. The minimum Gasteiger partial charge on any atom is -0.392 e. The minimum atomic E-state index is -0.344. The quantitative estimate of drug-likeness (QED) is 0.921. The highest BCUT2D eigenvalue weighted by atomic mass is 16.5. The standard InChI is InChI=1S/C15H18N4O2/c20-12-6-13(15-17-14(18-21-15)11-3-4-11)19(9-12)8-10-2-1-5-16-7-10/h1-2,5,7,11-13,20H,3-4,6,8-9H2. The second-order valence-electron chi connectivity index (χ2n) is 5.96. The average Bonchev–Trinajstić information content (AvgIpc) is 3.11. The van der Waals surface area contributed by atoms with Crippen LogP contribution in [0.4, 0.5) is 0 Å². The Labute approximate surface area is 122 Å². The van der Waals surface area contributed by atoms with Gasteiger partial charge in [0.1, 0.15) is 0 Å². The van der Waals surface area contributed by atoms with Crippen LogP contribution in [0.25, 0.3) is 0 Å². The molecule has 2 unspecified atom stereocenters. The SMILES string of the molecule is OC1CC(c2nc(C3CC3)no2)N(Cc2cccnc2)C1. The summed E-state index contributed by atoms with van der Waals surface area (Å²) in [7, 11) is 0. The van der Waals surface area contributed by atoms with Gasteiger partial charge in [-0.1, -0.05) is 11.2 Å². The third-order valence-electron chi connectivity index (χ3n) is 4.17. The number of β-amino-alcohol motifs (C(OH)–C–C–N with tert-alkyl or cyclic N) is 1. The van der Waals surface area contributed by atoms with Crippen molar-refractivity contribution in [2.24, 2.45) is 0 Å². The second-order valence-corrected chi connectivity index (χ2v) is 5.96. The highest BCUT2D eigenvalue weighted by Gasteiger charge is 2.37. The monoisotopic (exact) mass is 286 g/mol. The normalized spacial score (nSPS) is 26.3. The van der Waals surface area contributed by atoms with E-state index in [1.165, 1.54) is 0 Å². The van der Waals surface area contributed by atoms with Gasteiger partial charge in [-0.25, -0.2) is 0 Å². The molecule has 6 nitrogen and oxygen atoms in total. The van der Waals surface area contributed by atoms with Gasteiger partial charge < -0.3 is 9.63 Å². The van der Waals surface area contributed by atoms with Gasteiger partial charge >= 0.3 is 0 Å². The molecule has 1 saturated carbocycles. The van der Waals surface area contributed by atoms with Gasteiger partial charge in [0.25, 0.3) is 0 Å². The number of likely N-dealkylation sites (tertiary alicyclic amines) is 1. The molecule has 21 heavy (non-hydrogen) atoms. The largest absolute Gasteiger partial charge is 0.392 e. The molecule has 2 aromatic rings. The Morgan fingerprint density at radius 3 is 3.05 bits per heavy atom. The fourth-order valence-electron chi connectivity index (χ4n) is 2.93. The fraction of sp³-hybridized carbons (Fsp3) is 0.533. The zero-order valence-electron chi connectivity index (χ0n) is 11.7. The predicted octanol–water partition coefficient (Wildman–Crippen LogP) is 1.65. The molecule has 0 radical (unpaired) electrons. The first-order chi connectivity index (χ1) is 10.3. The lowest BCUT2D eigenvalue weighted by Crippen LogP contribution is -2.24. The van der Waals surface area contributed by atoms with Crippen LogP contribution < -0.4 is 0 Å². The van der Waals surface area contributed by atoms with Crippen LogP contribution in [0.2, 0.25) is 0 Å². The zero-order valence-corrected chi connectivity index (χ0v) is 11.7. The van der Waals surface area contributed by atoms with Gasteiger partial charge in [0.05, 0.1) is 12.1 Å². The molecule has 4 rings (SSSR count). The molecule has 1 N–H and O–H groups in total. The third kappa shape index (κ3) is 2.69. The molecular weight excluding hydrogens is 268 g/mol. The van der Waals surface area contributed by atoms with E-state index in [2.05, 4.69) is 20.0 Å². The molecule has 2 fully saturated rings. The van der Waals surface area contributed by atoms with Crippen LogP contribution in [0.3, 0.4) is 0 Å². The third-order valence-corrected chi connectivity index (χ3v) is 4.17. The van der Waals surface area contributed by atoms with E-state index in [0.717, 1.165) is 30.8 Å². The van der Waals surface area contributed by atoms with E-state index in [0.29, 0.717) is 24.8 Å². The molecule has 2 aliphatic rings. The number of hydrogen-bond donors (Lipinski definition) is 1. The first-order valence-electron chi connectivity index (χ1n) is 7.44. The van der Waals surface area contributed by atoms with Gasteiger partial charge in [0, 0.05) is 31.4 Å². The fourth-order valence-corrected chi connectivity index (χ4v) is 2.93. The van der Waals surface area contributed by atoms with Crippen LogP contribution >= 0.6 is 0 Å². The minimum absolute atomic E-state index is 0.000191. The highest BCUT2D eigenvalue weighted by Crippen LogP contribution is 2.40. The maximum atomic E-state index is 9.99.